The highest BCUT2D eigenvalue weighted by atomic mass is 35.6. The van der Waals surface area contributed by atoms with Crippen molar-refractivity contribution in [1.82, 2.24) is 0 Å². The van der Waals surface area contributed by atoms with E-state index in [1.54, 1.807) is 7.11 Å². The molecule has 5 heteroatoms. The zero-order valence-corrected chi connectivity index (χ0v) is 16.0. The Bertz CT molecular complexity index is 545. The number of allylic oxidation sites excluding steroid dienone is 3. The van der Waals surface area contributed by atoms with E-state index in [0.717, 1.165) is 29.9 Å². The minimum Gasteiger partial charge on any atom is -0.497 e. The maximum atomic E-state index is 5.77. The SMILES string of the molecule is COc1cccc(OCC=C(C)CCC=C(C)CC(Cl)(Cl)Cl)c1. The van der Waals surface area contributed by atoms with E-state index < -0.39 is 3.79 Å². The van der Waals surface area contributed by atoms with Crippen molar-refractivity contribution < 1.29 is 9.47 Å². The van der Waals surface area contributed by atoms with Crippen molar-refractivity contribution >= 4 is 34.8 Å². The zero-order chi connectivity index (χ0) is 17.3. The van der Waals surface area contributed by atoms with E-state index in [1.807, 2.05) is 31.2 Å². The average Bonchev–Trinajstić information content (AvgIpc) is 2.45. The van der Waals surface area contributed by atoms with Gasteiger partial charge in [0.1, 0.15) is 18.1 Å². The van der Waals surface area contributed by atoms with Crippen LogP contribution in [-0.4, -0.2) is 17.5 Å². The largest absolute Gasteiger partial charge is 0.497 e. The number of hydrogen-bond donors (Lipinski definition) is 0. The molecule has 0 spiro atoms. The number of halogens is 3. The van der Waals surface area contributed by atoms with E-state index in [1.165, 1.54) is 5.57 Å². The first-order valence-electron chi connectivity index (χ1n) is 7.45. The molecule has 0 aliphatic rings. The molecule has 0 bridgehead atoms. The minimum atomic E-state index is -1.21. The zero-order valence-electron chi connectivity index (χ0n) is 13.7. The molecule has 0 atom stereocenters. The van der Waals surface area contributed by atoms with Gasteiger partial charge < -0.3 is 9.47 Å². The first kappa shape index (κ1) is 20.2. The minimum absolute atomic E-state index is 0.458. The summed E-state index contributed by atoms with van der Waals surface area (Å²) >= 11 is 17.3. The van der Waals surface area contributed by atoms with Gasteiger partial charge in [0.05, 0.1) is 7.11 Å². The quantitative estimate of drug-likeness (QED) is 0.380. The Hall–Kier alpha value is -0.830. The van der Waals surface area contributed by atoms with Gasteiger partial charge in [-0.1, -0.05) is 58.1 Å². The molecular formula is C18H23Cl3O2. The summed E-state index contributed by atoms with van der Waals surface area (Å²) in [7, 11) is 1.64. The van der Waals surface area contributed by atoms with Crippen LogP contribution in [0, 0.1) is 0 Å². The summed E-state index contributed by atoms with van der Waals surface area (Å²) in [5.74, 6) is 1.59. The van der Waals surface area contributed by atoms with Crippen LogP contribution >= 0.6 is 34.8 Å². The molecule has 0 radical (unpaired) electrons. The molecule has 0 unspecified atom stereocenters. The third-order valence-electron chi connectivity index (χ3n) is 3.23. The lowest BCUT2D eigenvalue weighted by Crippen LogP contribution is -2.01. The summed E-state index contributed by atoms with van der Waals surface area (Å²) in [4.78, 5) is 0. The molecule has 0 fully saturated rings. The molecule has 0 heterocycles. The summed E-state index contributed by atoms with van der Waals surface area (Å²) in [6.07, 6.45) is 6.53. The van der Waals surface area contributed by atoms with E-state index in [9.17, 15) is 0 Å². The molecule has 0 saturated carbocycles. The molecule has 128 valence electrons. The monoisotopic (exact) mass is 376 g/mol. The van der Waals surface area contributed by atoms with Gasteiger partial charge in [-0.25, -0.2) is 0 Å². The summed E-state index contributed by atoms with van der Waals surface area (Å²) < 4.78 is 9.64. The number of ether oxygens (including phenoxy) is 2. The molecule has 0 N–H and O–H groups in total. The molecule has 0 aliphatic carbocycles. The van der Waals surface area contributed by atoms with Crippen molar-refractivity contribution in [2.24, 2.45) is 0 Å². The van der Waals surface area contributed by atoms with E-state index in [2.05, 4.69) is 19.1 Å². The van der Waals surface area contributed by atoms with Crippen molar-refractivity contribution in [3.63, 3.8) is 0 Å². The molecule has 23 heavy (non-hydrogen) atoms. The van der Waals surface area contributed by atoms with Gasteiger partial charge in [-0.05, 0) is 44.9 Å². The smallest absolute Gasteiger partial charge is 0.194 e. The number of hydrogen-bond acceptors (Lipinski definition) is 2. The Morgan fingerprint density at radius 2 is 1.78 bits per heavy atom. The second-order valence-electron chi connectivity index (χ2n) is 5.42. The van der Waals surface area contributed by atoms with Gasteiger partial charge in [-0.2, -0.15) is 0 Å². The maximum absolute atomic E-state index is 5.77. The highest BCUT2D eigenvalue weighted by Crippen LogP contribution is 2.33. The topological polar surface area (TPSA) is 18.5 Å². The molecule has 0 aromatic heterocycles. The predicted octanol–water partition coefficient (Wildman–Crippen LogP) is 6.51. The van der Waals surface area contributed by atoms with E-state index in [-0.39, 0.29) is 0 Å². The Morgan fingerprint density at radius 1 is 1.09 bits per heavy atom. The lowest BCUT2D eigenvalue weighted by Gasteiger charge is -2.10. The Balaban J connectivity index is 2.35. The Kier molecular flexibility index (Phi) is 8.90. The van der Waals surface area contributed by atoms with Crippen LogP contribution < -0.4 is 9.47 Å². The Labute approximate surface area is 154 Å². The molecule has 0 aliphatic heterocycles. The molecule has 0 amide bonds. The van der Waals surface area contributed by atoms with Crippen LogP contribution in [0.25, 0.3) is 0 Å². The number of methoxy groups -OCH3 is 1. The fourth-order valence-corrected chi connectivity index (χ4v) is 2.64. The van der Waals surface area contributed by atoms with Crippen LogP contribution in [0.4, 0.5) is 0 Å². The van der Waals surface area contributed by atoms with Crippen molar-refractivity contribution in [3.05, 3.63) is 47.6 Å². The van der Waals surface area contributed by atoms with Crippen LogP contribution in [0.1, 0.15) is 33.1 Å². The molecular weight excluding hydrogens is 355 g/mol. The molecule has 1 rings (SSSR count). The average molecular weight is 378 g/mol. The van der Waals surface area contributed by atoms with Gasteiger partial charge in [-0.3, -0.25) is 0 Å². The van der Waals surface area contributed by atoms with Gasteiger partial charge in [0.25, 0.3) is 0 Å². The van der Waals surface area contributed by atoms with Gasteiger partial charge >= 0.3 is 0 Å². The summed E-state index contributed by atoms with van der Waals surface area (Å²) in [5, 5.41) is 0. The first-order valence-corrected chi connectivity index (χ1v) is 8.58. The first-order chi connectivity index (χ1) is 10.8. The normalized spacial score (nSPS) is 13.1. The summed E-state index contributed by atoms with van der Waals surface area (Å²) in [6.45, 7) is 4.61. The summed E-state index contributed by atoms with van der Waals surface area (Å²) in [6, 6.07) is 7.57. The molecule has 1 aromatic rings. The Morgan fingerprint density at radius 3 is 2.43 bits per heavy atom. The van der Waals surface area contributed by atoms with Crippen LogP contribution in [0.5, 0.6) is 11.5 Å². The predicted molar refractivity (Wildman–Crippen MR) is 100 cm³/mol. The molecule has 1 aromatic carbocycles. The summed E-state index contributed by atoms with van der Waals surface area (Å²) in [5.41, 5.74) is 2.36. The molecule has 0 saturated heterocycles. The van der Waals surface area contributed by atoms with E-state index in [0.29, 0.717) is 13.0 Å². The lowest BCUT2D eigenvalue weighted by molar-refractivity contribution is 0.355. The van der Waals surface area contributed by atoms with Crippen LogP contribution in [0.2, 0.25) is 0 Å². The van der Waals surface area contributed by atoms with Crippen molar-refractivity contribution in [2.45, 2.75) is 36.9 Å². The van der Waals surface area contributed by atoms with Crippen molar-refractivity contribution in [2.75, 3.05) is 13.7 Å². The van der Waals surface area contributed by atoms with Gasteiger partial charge in [0.2, 0.25) is 0 Å². The number of alkyl halides is 3. The van der Waals surface area contributed by atoms with Gasteiger partial charge in [0, 0.05) is 12.5 Å². The van der Waals surface area contributed by atoms with Crippen LogP contribution in [0.15, 0.2) is 47.6 Å². The second-order valence-corrected chi connectivity index (χ2v) is 7.94. The van der Waals surface area contributed by atoms with Crippen LogP contribution in [0.3, 0.4) is 0 Å². The van der Waals surface area contributed by atoms with Crippen molar-refractivity contribution in [1.29, 1.82) is 0 Å². The van der Waals surface area contributed by atoms with Gasteiger partial charge in [-0.15, -0.1) is 0 Å². The standard InChI is InChI=1S/C18H23Cl3O2/c1-14(6-4-7-15(2)13-18(19,20)21)10-11-23-17-9-5-8-16(12-17)22-3/h5,7-10,12H,4,6,11,13H2,1-3H3. The van der Waals surface area contributed by atoms with Crippen LogP contribution in [-0.2, 0) is 0 Å². The highest BCUT2D eigenvalue weighted by Gasteiger charge is 2.19. The third-order valence-corrected chi connectivity index (χ3v) is 3.63. The maximum Gasteiger partial charge on any atom is 0.194 e. The van der Waals surface area contributed by atoms with Gasteiger partial charge in [0.15, 0.2) is 3.79 Å². The van der Waals surface area contributed by atoms with E-state index >= 15 is 0 Å². The number of rotatable bonds is 8. The second kappa shape index (κ2) is 10.1. The number of benzene rings is 1. The lowest BCUT2D eigenvalue weighted by atomic mass is 10.1. The van der Waals surface area contributed by atoms with Crippen molar-refractivity contribution in [3.8, 4) is 11.5 Å². The highest BCUT2D eigenvalue weighted by molar-refractivity contribution is 6.67. The fraction of sp³-hybridized carbons (Fsp3) is 0.444. The van der Waals surface area contributed by atoms with E-state index in [4.69, 9.17) is 44.3 Å². The fourth-order valence-electron chi connectivity index (χ4n) is 2.01. The molecule has 2 nitrogen and oxygen atoms in total. The third kappa shape index (κ3) is 9.80.